The number of nitrogens with two attached hydrogens (primary N) is 1. The zero-order chi connectivity index (χ0) is 31.7. The average molecular weight is 613 g/mol. The van der Waals surface area contributed by atoms with Gasteiger partial charge in [0.05, 0.1) is 11.1 Å². The minimum Gasteiger partial charge on any atom is -0.398 e. The molecule has 0 radical (unpaired) electrons. The van der Waals surface area contributed by atoms with Crippen LogP contribution in [0, 0.1) is 0 Å². The Morgan fingerprint density at radius 3 is 1.64 bits per heavy atom. The molecule has 0 saturated heterocycles. The van der Waals surface area contributed by atoms with Crippen molar-refractivity contribution < 1.29 is 31.1 Å². The molecule has 3 N–H and O–H groups in total. The van der Waals surface area contributed by atoms with E-state index < -0.39 is 29.4 Å². The highest BCUT2D eigenvalue weighted by Gasteiger charge is 2.32. The Balaban J connectivity index is 1.47. The van der Waals surface area contributed by atoms with Crippen molar-refractivity contribution in [2.75, 3.05) is 12.3 Å². The molecule has 9 heteroatoms. The number of carbonyl (C=O) groups is 1. The lowest BCUT2D eigenvalue weighted by Gasteiger charge is -2.17. The van der Waals surface area contributed by atoms with Crippen molar-refractivity contribution in [3.8, 4) is 22.3 Å². The summed E-state index contributed by atoms with van der Waals surface area (Å²) >= 11 is 0. The largest absolute Gasteiger partial charge is 0.416 e. The molecule has 0 aliphatic rings. The molecule has 0 saturated carbocycles. The van der Waals surface area contributed by atoms with Crippen LogP contribution in [0.2, 0.25) is 0 Å². The van der Waals surface area contributed by atoms with Crippen molar-refractivity contribution in [2.24, 2.45) is 0 Å². The molecule has 4 aromatic carbocycles. The molecule has 0 aliphatic carbocycles. The normalized spacial score (nSPS) is 11.9. The van der Waals surface area contributed by atoms with Gasteiger partial charge in [0.15, 0.2) is 0 Å². The molecular weight excluding hydrogens is 578 g/mol. The number of unbranched alkanes of at least 4 members (excludes halogenated alkanes) is 5. The molecule has 0 spiro atoms. The van der Waals surface area contributed by atoms with Crippen molar-refractivity contribution >= 4 is 11.6 Å². The molecule has 0 bridgehead atoms. The van der Waals surface area contributed by atoms with E-state index >= 15 is 0 Å². The number of halogens is 6. The van der Waals surface area contributed by atoms with Gasteiger partial charge in [-0.2, -0.15) is 26.3 Å². The number of hydrogen-bond acceptors (Lipinski definition) is 2. The molecular formula is C35H34F6N2O. The fourth-order valence-corrected chi connectivity index (χ4v) is 5.10. The Kier molecular flexibility index (Phi) is 10.7. The molecule has 232 valence electrons. The molecule has 1 amide bonds. The Bertz CT molecular complexity index is 1470. The third-order valence-electron chi connectivity index (χ3n) is 7.46. The van der Waals surface area contributed by atoms with E-state index in [1.165, 1.54) is 42.0 Å². The van der Waals surface area contributed by atoms with Crippen molar-refractivity contribution in [2.45, 2.75) is 57.3 Å². The summed E-state index contributed by atoms with van der Waals surface area (Å²) in [5, 5.41) is 2.83. The molecule has 3 nitrogen and oxygen atoms in total. The Hall–Kier alpha value is -4.27. The van der Waals surface area contributed by atoms with Crippen molar-refractivity contribution in [3.05, 3.63) is 113 Å². The maximum Gasteiger partial charge on any atom is 0.416 e. The molecule has 0 aromatic heterocycles. The SMILES string of the molecule is Nc1c(-c2cccc(C(F)(F)F)c2)cc(C(=O)NCCCCCCCCc2ccccc2)cc1-c1cccc(C(F)(F)F)c1. The fraction of sp³-hybridized carbons (Fsp3) is 0.286. The van der Waals surface area contributed by atoms with Gasteiger partial charge in [0.2, 0.25) is 0 Å². The molecule has 0 atom stereocenters. The number of alkyl halides is 6. The lowest BCUT2D eigenvalue weighted by Crippen LogP contribution is -2.24. The lowest BCUT2D eigenvalue weighted by molar-refractivity contribution is -0.138. The summed E-state index contributed by atoms with van der Waals surface area (Å²) in [6.45, 7) is 0.380. The van der Waals surface area contributed by atoms with E-state index in [2.05, 4.69) is 17.4 Å². The van der Waals surface area contributed by atoms with Crippen LogP contribution in [0.15, 0.2) is 91.0 Å². The van der Waals surface area contributed by atoms with Crippen LogP contribution < -0.4 is 11.1 Å². The number of benzene rings is 4. The maximum atomic E-state index is 13.4. The number of nitrogen functional groups attached to an aromatic ring is 1. The van der Waals surface area contributed by atoms with Crippen LogP contribution >= 0.6 is 0 Å². The summed E-state index contributed by atoms with van der Waals surface area (Å²) in [4.78, 5) is 13.2. The third kappa shape index (κ3) is 8.88. The molecule has 44 heavy (non-hydrogen) atoms. The predicted molar refractivity (Wildman–Crippen MR) is 162 cm³/mol. The Labute approximate surface area is 253 Å². The summed E-state index contributed by atoms with van der Waals surface area (Å²) in [6.07, 6.45) is -2.21. The van der Waals surface area contributed by atoms with Gasteiger partial charge in [0.25, 0.3) is 5.91 Å². The van der Waals surface area contributed by atoms with E-state index in [4.69, 9.17) is 5.73 Å². The Morgan fingerprint density at radius 1 is 0.614 bits per heavy atom. The van der Waals surface area contributed by atoms with Gasteiger partial charge in [-0.25, -0.2) is 0 Å². The van der Waals surface area contributed by atoms with Gasteiger partial charge in [-0.3, -0.25) is 4.79 Å². The standard InChI is InChI=1S/C35H34F6N2O/c36-34(37,38)28-17-10-15-25(20-28)30-22-27(23-31(32(30)42)26-16-11-18-29(21-26)35(39,40)41)33(44)43-19-9-4-2-1-3-6-12-24-13-7-5-8-14-24/h5,7-8,10-11,13-18,20-23H,1-4,6,9,12,19,42H2,(H,43,44). The summed E-state index contributed by atoms with van der Waals surface area (Å²) in [5.74, 6) is -0.491. The van der Waals surface area contributed by atoms with Gasteiger partial charge in [0.1, 0.15) is 0 Å². The molecule has 0 heterocycles. The van der Waals surface area contributed by atoms with E-state index in [0.717, 1.165) is 69.2 Å². The van der Waals surface area contributed by atoms with Crippen LogP contribution in [-0.2, 0) is 18.8 Å². The number of rotatable bonds is 12. The summed E-state index contributed by atoms with van der Waals surface area (Å²) in [7, 11) is 0. The second kappa shape index (κ2) is 14.5. The molecule has 4 aromatic rings. The van der Waals surface area contributed by atoms with Gasteiger partial charge in [-0.05, 0) is 72.4 Å². The van der Waals surface area contributed by atoms with Crippen LogP contribution in [0.1, 0.15) is 65.6 Å². The summed E-state index contributed by atoms with van der Waals surface area (Å²) < 4.78 is 80.7. The first-order valence-electron chi connectivity index (χ1n) is 14.5. The number of hydrogen-bond donors (Lipinski definition) is 2. The van der Waals surface area contributed by atoms with Crippen LogP contribution in [0.5, 0.6) is 0 Å². The van der Waals surface area contributed by atoms with Crippen LogP contribution in [-0.4, -0.2) is 12.5 Å². The van der Waals surface area contributed by atoms with E-state index in [-0.39, 0.29) is 33.5 Å². The quantitative estimate of drug-likeness (QED) is 0.0951. The average Bonchev–Trinajstić information content (AvgIpc) is 3.00. The Morgan fingerprint density at radius 2 is 1.11 bits per heavy atom. The highest BCUT2D eigenvalue weighted by Crippen LogP contribution is 2.40. The highest BCUT2D eigenvalue weighted by molar-refractivity contribution is 6.01. The van der Waals surface area contributed by atoms with Gasteiger partial charge in [-0.1, -0.05) is 80.3 Å². The van der Waals surface area contributed by atoms with E-state index in [0.29, 0.717) is 6.54 Å². The molecule has 0 fully saturated rings. The maximum absolute atomic E-state index is 13.4. The van der Waals surface area contributed by atoms with E-state index in [1.54, 1.807) is 0 Å². The smallest absolute Gasteiger partial charge is 0.398 e. The van der Waals surface area contributed by atoms with Crippen LogP contribution in [0.25, 0.3) is 22.3 Å². The first-order valence-corrected chi connectivity index (χ1v) is 14.5. The van der Waals surface area contributed by atoms with Gasteiger partial charge < -0.3 is 11.1 Å². The van der Waals surface area contributed by atoms with E-state index in [9.17, 15) is 31.1 Å². The lowest BCUT2D eigenvalue weighted by atomic mass is 9.92. The van der Waals surface area contributed by atoms with Crippen molar-refractivity contribution in [1.29, 1.82) is 0 Å². The number of carbonyl (C=O) groups excluding carboxylic acids is 1. The van der Waals surface area contributed by atoms with Crippen molar-refractivity contribution in [1.82, 2.24) is 5.32 Å². The highest BCUT2D eigenvalue weighted by atomic mass is 19.4. The zero-order valence-electron chi connectivity index (χ0n) is 24.1. The second-order valence-corrected chi connectivity index (χ2v) is 10.8. The van der Waals surface area contributed by atoms with E-state index in [1.807, 2.05) is 18.2 Å². The van der Waals surface area contributed by atoms with Gasteiger partial charge in [-0.15, -0.1) is 0 Å². The molecule has 4 rings (SSSR count). The van der Waals surface area contributed by atoms with Crippen molar-refractivity contribution in [3.63, 3.8) is 0 Å². The number of nitrogens with one attached hydrogen (secondary N) is 1. The minimum atomic E-state index is -4.62. The molecule has 0 aliphatic heterocycles. The van der Waals surface area contributed by atoms with Crippen LogP contribution in [0.3, 0.4) is 0 Å². The number of amides is 1. The first kappa shape index (κ1) is 32.6. The monoisotopic (exact) mass is 612 g/mol. The predicted octanol–water partition coefficient (Wildman–Crippen LogP) is 9.95. The number of anilines is 1. The number of aryl methyl sites for hydroxylation is 1. The first-order chi connectivity index (χ1) is 20.9. The zero-order valence-corrected chi connectivity index (χ0v) is 24.1. The third-order valence-corrected chi connectivity index (χ3v) is 7.46. The fourth-order valence-electron chi connectivity index (χ4n) is 5.10. The van der Waals surface area contributed by atoms with Crippen LogP contribution in [0.4, 0.5) is 32.0 Å². The van der Waals surface area contributed by atoms with Gasteiger partial charge >= 0.3 is 12.4 Å². The molecule has 0 unspecified atom stereocenters. The summed E-state index contributed by atoms with van der Waals surface area (Å²) in [5.41, 5.74) is 6.33. The second-order valence-electron chi connectivity index (χ2n) is 10.8. The minimum absolute atomic E-state index is 0.0348. The van der Waals surface area contributed by atoms with Gasteiger partial charge in [0, 0.05) is 28.9 Å². The summed E-state index contributed by atoms with van der Waals surface area (Å²) in [6, 6.07) is 22.0. The topological polar surface area (TPSA) is 55.1 Å².